The Labute approximate surface area is 118 Å². The van der Waals surface area contributed by atoms with Crippen molar-refractivity contribution >= 4 is 31.9 Å². The summed E-state index contributed by atoms with van der Waals surface area (Å²) in [7, 11) is 0. The molecule has 0 aliphatic rings. The fraction of sp³-hybridized carbons (Fsp3) is 0.143. The standard InChI is InChI=1S/C14H12Br2O/c15-13-6-3-4-11(8-13)9-17-10-12-5-1-2-7-14(12)16/h1-8H,9-10H2. The van der Waals surface area contributed by atoms with Crippen molar-refractivity contribution in [2.24, 2.45) is 0 Å². The molecule has 88 valence electrons. The van der Waals surface area contributed by atoms with Crippen LogP contribution in [0.2, 0.25) is 0 Å². The molecule has 17 heavy (non-hydrogen) atoms. The zero-order valence-electron chi connectivity index (χ0n) is 9.20. The molecule has 0 bridgehead atoms. The van der Waals surface area contributed by atoms with Crippen LogP contribution in [0.15, 0.2) is 57.5 Å². The fourth-order valence-electron chi connectivity index (χ4n) is 1.52. The van der Waals surface area contributed by atoms with Gasteiger partial charge in [-0.15, -0.1) is 0 Å². The first-order chi connectivity index (χ1) is 8.25. The van der Waals surface area contributed by atoms with Crippen LogP contribution in [-0.2, 0) is 18.0 Å². The summed E-state index contributed by atoms with van der Waals surface area (Å²) in [5.74, 6) is 0. The molecule has 0 saturated heterocycles. The van der Waals surface area contributed by atoms with Crippen molar-refractivity contribution in [3.05, 3.63) is 68.6 Å². The van der Waals surface area contributed by atoms with Gasteiger partial charge in [-0.3, -0.25) is 0 Å². The zero-order valence-corrected chi connectivity index (χ0v) is 12.4. The van der Waals surface area contributed by atoms with Crippen molar-refractivity contribution in [3.8, 4) is 0 Å². The van der Waals surface area contributed by atoms with E-state index in [9.17, 15) is 0 Å². The van der Waals surface area contributed by atoms with Gasteiger partial charge in [-0.25, -0.2) is 0 Å². The summed E-state index contributed by atoms with van der Waals surface area (Å²) in [6.07, 6.45) is 0. The Morgan fingerprint density at radius 2 is 1.71 bits per heavy atom. The molecular weight excluding hydrogens is 344 g/mol. The minimum absolute atomic E-state index is 0.619. The van der Waals surface area contributed by atoms with Crippen molar-refractivity contribution in [3.63, 3.8) is 0 Å². The molecular formula is C14H12Br2O. The van der Waals surface area contributed by atoms with Gasteiger partial charge in [-0.2, -0.15) is 0 Å². The highest BCUT2D eigenvalue weighted by atomic mass is 79.9. The van der Waals surface area contributed by atoms with Gasteiger partial charge in [0.05, 0.1) is 13.2 Å². The van der Waals surface area contributed by atoms with E-state index in [-0.39, 0.29) is 0 Å². The summed E-state index contributed by atoms with van der Waals surface area (Å²) < 4.78 is 7.87. The van der Waals surface area contributed by atoms with E-state index >= 15 is 0 Å². The van der Waals surface area contributed by atoms with E-state index in [1.54, 1.807) is 0 Å². The van der Waals surface area contributed by atoms with Gasteiger partial charge in [0.2, 0.25) is 0 Å². The highest BCUT2D eigenvalue weighted by Gasteiger charge is 1.99. The third-order valence-corrected chi connectivity index (χ3v) is 3.64. The van der Waals surface area contributed by atoms with Crippen LogP contribution in [0.3, 0.4) is 0 Å². The second-order valence-corrected chi connectivity index (χ2v) is 5.48. The van der Waals surface area contributed by atoms with E-state index in [2.05, 4.69) is 50.1 Å². The second-order valence-electron chi connectivity index (χ2n) is 3.71. The molecule has 0 heterocycles. The highest BCUT2D eigenvalue weighted by molar-refractivity contribution is 9.10. The van der Waals surface area contributed by atoms with Gasteiger partial charge in [-0.1, -0.05) is 62.2 Å². The SMILES string of the molecule is Brc1cccc(COCc2ccccc2Br)c1. The van der Waals surface area contributed by atoms with Gasteiger partial charge in [-0.05, 0) is 29.3 Å². The van der Waals surface area contributed by atoms with Gasteiger partial charge < -0.3 is 4.74 Å². The molecule has 0 spiro atoms. The molecule has 0 atom stereocenters. The Balaban J connectivity index is 1.90. The lowest BCUT2D eigenvalue weighted by Gasteiger charge is -2.06. The molecule has 1 nitrogen and oxygen atoms in total. The first-order valence-electron chi connectivity index (χ1n) is 5.31. The average Bonchev–Trinajstić information content (AvgIpc) is 2.32. The van der Waals surface area contributed by atoms with Crippen LogP contribution in [0, 0.1) is 0 Å². The van der Waals surface area contributed by atoms with Crippen molar-refractivity contribution in [2.45, 2.75) is 13.2 Å². The molecule has 2 aromatic carbocycles. The van der Waals surface area contributed by atoms with Crippen LogP contribution in [-0.4, -0.2) is 0 Å². The van der Waals surface area contributed by atoms with E-state index in [4.69, 9.17) is 4.74 Å². The van der Waals surface area contributed by atoms with Crippen LogP contribution in [0.1, 0.15) is 11.1 Å². The second kappa shape index (κ2) is 6.34. The first-order valence-corrected chi connectivity index (χ1v) is 6.90. The third kappa shape index (κ3) is 3.95. The highest BCUT2D eigenvalue weighted by Crippen LogP contribution is 2.18. The molecule has 0 aliphatic heterocycles. The number of hydrogen-bond acceptors (Lipinski definition) is 1. The monoisotopic (exact) mass is 354 g/mol. The lowest BCUT2D eigenvalue weighted by atomic mass is 10.2. The molecule has 0 saturated carbocycles. The Morgan fingerprint density at radius 1 is 0.882 bits per heavy atom. The summed E-state index contributed by atoms with van der Waals surface area (Å²) in [6, 6.07) is 16.3. The third-order valence-electron chi connectivity index (χ3n) is 2.37. The summed E-state index contributed by atoms with van der Waals surface area (Å²) in [6.45, 7) is 1.24. The maximum atomic E-state index is 5.69. The van der Waals surface area contributed by atoms with Gasteiger partial charge in [0.15, 0.2) is 0 Å². The average molecular weight is 356 g/mol. The van der Waals surface area contributed by atoms with Crippen molar-refractivity contribution in [1.29, 1.82) is 0 Å². The van der Waals surface area contributed by atoms with Crippen molar-refractivity contribution < 1.29 is 4.74 Å². The normalized spacial score (nSPS) is 10.5. The quantitative estimate of drug-likeness (QED) is 0.755. The van der Waals surface area contributed by atoms with E-state index in [1.165, 1.54) is 11.1 Å². The number of halogens is 2. The van der Waals surface area contributed by atoms with E-state index in [0.29, 0.717) is 13.2 Å². The predicted octanol–water partition coefficient (Wildman–Crippen LogP) is 4.93. The number of benzene rings is 2. The fourth-order valence-corrected chi connectivity index (χ4v) is 2.37. The lowest BCUT2D eigenvalue weighted by Crippen LogP contribution is -1.94. The maximum absolute atomic E-state index is 5.69. The topological polar surface area (TPSA) is 9.23 Å². The number of rotatable bonds is 4. The zero-order chi connectivity index (χ0) is 12.1. The van der Waals surface area contributed by atoms with E-state index in [1.807, 2.05) is 30.3 Å². The van der Waals surface area contributed by atoms with Crippen LogP contribution >= 0.6 is 31.9 Å². The summed E-state index contributed by atoms with van der Waals surface area (Å²) in [4.78, 5) is 0. The molecule has 2 rings (SSSR count). The van der Waals surface area contributed by atoms with Gasteiger partial charge >= 0.3 is 0 Å². The van der Waals surface area contributed by atoms with E-state index < -0.39 is 0 Å². The molecule has 0 amide bonds. The first kappa shape index (κ1) is 12.8. The van der Waals surface area contributed by atoms with Crippen LogP contribution in [0.4, 0.5) is 0 Å². The van der Waals surface area contributed by atoms with Gasteiger partial charge in [0.25, 0.3) is 0 Å². The molecule has 0 fully saturated rings. The number of ether oxygens (including phenoxy) is 1. The molecule has 0 N–H and O–H groups in total. The minimum atomic E-state index is 0.619. The smallest absolute Gasteiger partial charge is 0.0732 e. The largest absolute Gasteiger partial charge is 0.372 e. The molecule has 2 aromatic rings. The summed E-state index contributed by atoms with van der Waals surface area (Å²) >= 11 is 6.95. The number of hydrogen-bond donors (Lipinski definition) is 0. The molecule has 0 aromatic heterocycles. The molecule has 0 radical (unpaired) electrons. The Morgan fingerprint density at radius 3 is 2.47 bits per heavy atom. The summed E-state index contributed by atoms with van der Waals surface area (Å²) in [5, 5.41) is 0. The van der Waals surface area contributed by atoms with Gasteiger partial charge in [0.1, 0.15) is 0 Å². The molecule has 3 heteroatoms. The van der Waals surface area contributed by atoms with Gasteiger partial charge in [0, 0.05) is 8.95 Å². The van der Waals surface area contributed by atoms with Crippen molar-refractivity contribution in [2.75, 3.05) is 0 Å². The Hall–Kier alpha value is -0.640. The van der Waals surface area contributed by atoms with Crippen LogP contribution < -0.4 is 0 Å². The molecule has 0 unspecified atom stereocenters. The lowest BCUT2D eigenvalue weighted by molar-refractivity contribution is 0.106. The summed E-state index contributed by atoms with van der Waals surface area (Å²) in [5.41, 5.74) is 2.34. The van der Waals surface area contributed by atoms with Crippen LogP contribution in [0.5, 0.6) is 0 Å². The maximum Gasteiger partial charge on any atom is 0.0732 e. The van der Waals surface area contributed by atoms with Crippen LogP contribution in [0.25, 0.3) is 0 Å². The van der Waals surface area contributed by atoms with E-state index in [0.717, 1.165) is 8.95 Å². The molecule has 0 aliphatic carbocycles. The van der Waals surface area contributed by atoms with Crippen molar-refractivity contribution in [1.82, 2.24) is 0 Å². The Bertz CT molecular complexity index is 497. The Kier molecular flexibility index (Phi) is 4.77. The minimum Gasteiger partial charge on any atom is -0.372 e. The predicted molar refractivity (Wildman–Crippen MR) is 76.8 cm³/mol.